The van der Waals surface area contributed by atoms with Crippen LogP contribution in [0.5, 0.6) is 0 Å². The lowest BCUT2D eigenvalue weighted by atomic mass is 9.97. The van der Waals surface area contributed by atoms with Gasteiger partial charge in [0.2, 0.25) is 5.95 Å². The summed E-state index contributed by atoms with van der Waals surface area (Å²) in [5, 5.41) is 7.67. The lowest BCUT2D eigenvalue weighted by Gasteiger charge is -2.20. The van der Waals surface area contributed by atoms with Gasteiger partial charge in [-0.25, -0.2) is 4.98 Å². The van der Waals surface area contributed by atoms with Crippen molar-refractivity contribution in [3.8, 4) is 0 Å². The lowest BCUT2D eigenvalue weighted by Crippen LogP contribution is -2.20. The molecule has 0 aliphatic heterocycles. The number of hydrogen-bond donors (Lipinski definition) is 2. The Bertz CT molecular complexity index is 558. The lowest BCUT2D eigenvalue weighted by molar-refractivity contribution is 0.442. The normalized spacial score (nSPS) is 11.6. The summed E-state index contributed by atoms with van der Waals surface area (Å²) in [6.07, 6.45) is 0. The van der Waals surface area contributed by atoms with Gasteiger partial charge < -0.3 is 10.6 Å². The van der Waals surface area contributed by atoms with Gasteiger partial charge in [-0.15, -0.1) is 0 Å². The van der Waals surface area contributed by atoms with E-state index in [1.54, 1.807) is 0 Å². The molecule has 0 spiro atoms. The van der Waals surface area contributed by atoms with Crippen LogP contribution in [0.4, 0.5) is 11.8 Å². The van der Waals surface area contributed by atoms with E-state index in [4.69, 9.17) is 0 Å². The van der Waals surface area contributed by atoms with Crippen molar-refractivity contribution in [1.82, 2.24) is 9.97 Å². The number of benzene rings is 1. The van der Waals surface area contributed by atoms with E-state index in [0.29, 0.717) is 5.95 Å². The summed E-state index contributed by atoms with van der Waals surface area (Å²) < 4.78 is 0. The topological polar surface area (TPSA) is 49.8 Å². The van der Waals surface area contributed by atoms with Gasteiger partial charge in [-0.3, -0.25) is 0 Å². The zero-order valence-corrected chi connectivity index (χ0v) is 12.1. The maximum absolute atomic E-state index is 4.56. The fraction of sp³-hybridized carbons (Fsp3) is 0.467. The Kier molecular flexibility index (Phi) is 3.88. The van der Waals surface area contributed by atoms with Crippen molar-refractivity contribution in [1.29, 1.82) is 0 Å². The highest BCUT2D eigenvalue weighted by atomic mass is 15.1. The molecule has 0 aliphatic carbocycles. The van der Waals surface area contributed by atoms with Crippen LogP contribution in [0.2, 0.25) is 0 Å². The molecule has 19 heavy (non-hydrogen) atoms. The predicted octanol–water partition coefficient (Wildman–Crippen LogP) is 3.52. The molecule has 0 amide bonds. The number of hydrogen-bond acceptors (Lipinski definition) is 4. The smallest absolute Gasteiger partial charge is 0.225 e. The minimum absolute atomic E-state index is 0.213. The molecule has 0 aliphatic rings. The monoisotopic (exact) mass is 258 g/mol. The standard InChI is InChI=1S/C15H22N4/c1-5-16-14-18-12-9-7-6-8-11(12)13(19-14)17-10-15(2,3)4/h6-9H,5,10H2,1-4H3,(H2,16,17,18,19). The highest BCUT2D eigenvalue weighted by molar-refractivity contribution is 5.90. The van der Waals surface area contributed by atoms with Crippen LogP contribution in [0.25, 0.3) is 10.9 Å². The van der Waals surface area contributed by atoms with Crippen molar-refractivity contribution in [3.63, 3.8) is 0 Å². The molecule has 2 N–H and O–H groups in total. The van der Waals surface area contributed by atoms with Gasteiger partial charge in [-0.1, -0.05) is 32.9 Å². The molecule has 0 unspecified atom stereocenters. The Hall–Kier alpha value is -1.84. The van der Waals surface area contributed by atoms with Crippen molar-refractivity contribution < 1.29 is 0 Å². The van der Waals surface area contributed by atoms with Gasteiger partial charge in [0.1, 0.15) is 5.82 Å². The molecule has 1 heterocycles. The number of para-hydroxylation sites is 1. The molecule has 0 atom stereocenters. The zero-order chi connectivity index (χ0) is 13.9. The predicted molar refractivity (Wildman–Crippen MR) is 81.6 cm³/mol. The highest BCUT2D eigenvalue weighted by Crippen LogP contribution is 2.23. The fourth-order valence-corrected chi connectivity index (χ4v) is 1.80. The van der Waals surface area contributed by atoms with Crippen LogP contribution in [0.3, 0.4) is 0 Å². The minimum atomic E-state index is 0.213. The van der Waals surface area contributed by atoms with Crippen molar-refractivity contribution in [2.45, 2.75) is 27.7 Å². The SMILES string of the molecule is CCNc1nc(NCC(C)(C)C)c2ccccc2n1. The van der Waals surface area contributed by atoms with E-state index in [9.17, 15) is 0 Å². The number of nitrogens with zero attached hydrogens (tertiary/aromatic N) is 2. The Labute approximate surface area is 114 Å². The first kappa shape index (κ1) is 13.6. The van der Waals surface area contributed by atoms with E-state index in [-0.39, 0.29) is 5.41 Å². The number of anilines is 2. The Morgan fingerprint density at radius 1 is 1.05 bits per heavy atom. The van der Waals surface area contributed by atoms with E-state index in [2.05, 4.69) is 47.4 Å². The third kappa shape index (κ3) is 3.56. The van der Waals surface area contributed by atoms with Crippen molar-refractivity contribution in [3.05, 3.63) is 24.3 Å². The summed E-state index contributed by atoms with van der Waals surface area (Å²) in [7, 11) is 0. The van der Waals surface area contributed by atoms with Crippen LogP contribution < -0.4 is 10.6 Å². The quantitative estimate of drug-likeness (QED) is 0.881. The summed E-state index contributed by atoms with van der Waals surface area (Å²) in [5.41, 5.74) is 1.18. The van der Waals surface area contributed by atoms with Crippen LogP contribution in [-0.2, 0) is 0 Å². The molecule has 0 saturated heterocycles. The average molecular weight is 258 g/mol. The third-order valence-electron chi connectivity index (χ3n) is 2.72. The summed E-state index contributed by atoms with van der Waals surface area (Å²) in [6.45, 7) is 10.3. The zero-order valence-electron chi connectivity index (χ0n) is 12.1. The first-order valence-corrected chi connectivity index (χ1v) is 6.74. The second-order valence-corrected chi connectivity index (χ2v) is 5.86. The van der Waals surface area contributed by atoms with Gasteiger partial charge >= 0.3 is 0 Å². The van der Waals surface area contributed by atoms with Crippen molar-refractivity contribution >= 4 is 22.7 Å². The Morgan fingerprint density at radius 2 is 1.79 bits per heavy atom. The number of aromatic nitrogens is 2. The van der Waals surface area contributed by atoms with Crippen LogP contribution in [0.1, 0.15) is 27.7 Å². The molecule has 1 aromatic carbocycles. The first-order chi connectivity index (χ1) is 8.99. The first-order valence-electron chi connectivity index (χ1n) is 6.74. The minimum Gasteiger partial charge on any atom is -0.369 e. The van der Waals surface area contributed by atoms with E-state index in [1.807, 2.05) is 25.1 Å². The van der Waals surface area contributed by atoms with E-state index in [0.717, 1.165) is 29.8 Å². The van der Waals surface area contributed by atoms with Gasteiger partial charge in [-0.05, 0) is 24.5 Å². The molecule has 2 rings (SSSR count). The van der Waals surface area contributed by atoms with Crippen molar-refractivity contribution in [2.75, 3.05) is 23.7 Å². The highest BCUT2D eigenvalue weighted by Gasteiger charge is 2.12. The molecular formula is C15H22N4. The van der Waals surface area contributed by atoms with E-state index in [1.165, 1.54) is 0 Å². The van der Waals surface area contributed by atoms with Crippen LogP contribution >= 0.6 is 0 Å². The summed E-state index contributed by atoms with van der Waals surface area (Å²) in [4.78, 5) is 9.07. The van der Waals surface area contributed by atoms with Gasteiger partial charge in [-0.2, -0.15) is 4.98 Å². The molecule has 2 aromatic rings. The van der Waals surface area contributed by atoms with Gasteiger partial charge in [0.25, 0.3) is 0 Å². The van der Waals surface area contributed by atoms with Gasteiger partial charge in [0.05, 0.1) is 5.52 Å². The molecule has 0 radical (unpaired) electrons. The third-order valence-corrected chi connectivity index (χ3v) is 2.72. The summed E-state index contributed by atoms with van der Waals surface area (Å²) >= 11 is 0. The van der Waals surface area contributed by atoms with Gasteiger partial charge in [0, 0.05) is 18.5 Å². The van der Waals surface area contributed by atoms with Crippen molar-refractivity contribution in [2.24, 2.45) is 5.41 Å². The van der Waals surface area contributed by atoms with Crippen LogP contribution in [0.15, 0.2) is 24.3 Å². The summed E-state index contributed by atoms with van der Waals surface area (Å²) in [6, 6.07) is 8.08. The van der Waals surface area contributed by atoms with Crippen LogP contribution in [0, 0.1) is 5.41 Å². The molecular weight excluding hydrogens is 236 g/mol. The second kappa shape index (κ2) is 5.43. The number of nitrogens with one attached hydrogen (secondary N) is 2. The molecule has 4 heteroatoms. The average Bonchev–Trinajstić information content (AvgIpc) is 2.35. The molecule has 0 saturated carbocycles. The molecule has 4 nitrogen and oxygen atoms in total. The molecule has 0 fully saturated rings. The molecule has 1 aromatic heterocycles. The molecule has 0 bridgehead atoms. The van der Waals surface area contributed by atoms with E-state index < -0.39 is 0 Å². The largest absolute Gasteiger partial charge is 0.369 e. The second-order valence-electron chi connectivity index (χ2n) is 5.86. The Morgan fingerprint density at radius 3 is 2.47 bits per heavy atom. The van der Waals surface area contributed by atoms with Crippen LogP contribution in [-0.4, -0.2) is 23.1 Å². The molecule has 102 valence electrons. The fourth-order valence-electron chi connectivity index (χ4n) is 1.80. The summed E-state index contributed by atoms with van der Waals surface area (Å²) in [5.74, 6) is 1.58. The van der Waals surface area contributed by atoms with E-state index >= 15 is 0 Å². The number of fused-ring (bicyclic) bond motifs is 1. The van der Waals surface area contributed by atoms with Gasteiger partial charge in [0.15, 0.2) is 0 Å². The maximum Gasteiger partial charge on any atom is 0.225 e. The maximum atomic E-state index is 4.56. The number of rotatable bonds is 4. The Balaban J connectivity index is 2.38.